The molecule has 0 aromatic rings. The van der Waals surface area contributed by atoms with E-state index in [4.69, 9.17) is 38.2 Å². The second kappa shape index (κ2) is 12.8. The largest absolute Gasteiger partial charge is 0.394 e. The summed E-state index contributed by atoms with van der Waals surface area (Å²) in [6.07, 6.45) is -2.79. The smallest absolute Gasteiger partial charge is 0.187 e. The molecule has 14 nitrogen and oxygen atoms in total. The lowest BCUT2D eigenvalue weighted by Gasteiger charge is -2.69. The van der Waals surface area contributed by atoms with Crippen LogP contribution in [0, 0.1) is 40.4 Å². The first-order valence-corrected chi connectivity index (χ1v) is 20.1. The maximum atomic E-state index is 11.2. The number of hydrogen-bond donors (Lipinski definition) is 6. The lowest BCUT2D eigenvalue weighted by atomic mass is 9.42. The molecule has 0 amide bonds. The average molecular weight is 753 g/mol. The second-order valence-electron chi connectivity index (χ2n) is 18.8. The van der Waals surface area contributed by atoms with Gasteiger partial charge >= 0.3 is 0 Å². The molecule has 0 aromatic carbocycles. The molecule has 10 aliphatic rings. The predicted octanol–water partition coefficient (Wildman–Crippen LogP) is 1.45. The van der Waals surface area contributed by atoms with E-state index in [-0.39, 0.29) is 34.7 Å². The zero-order valence-electron chi connectivity index (χ0n) is 31.5. The van der Waals surface area contributed by atoms with Gasteiger partial charge in [0.2, 0.25) is 0 Å². The lowest BCUT2D eigenvalue weighted by molar-refractivity contribution is -0.499. The van der Waals surface area contributed by atoms with Gasteiger partial charge in [0.25, 0.3) is 0 Å². The summed E-state index contributed by atoms with van der Waals surface area (Å²) >= 11 is 0. The van der Waals surface area contributed by atoms with Crippen LogP contribution >= 0.6 is 0 Å². The zero-order valence-corrected chi connectivity index (χ0v) is 31.5. The Morgan fingerprint density at radius 1 is 0.774 bits per heavy atom. The van der Waals surface area contributed by atoms with Gasteiger partial charge in [-0.05, 0) is 68.8 Å². The molecular formula is C39H60O14. The highest BCUT2D eigenvalue weighted by Crippen LogP contribution is 2.75. The molecule has 22 unspecified atom stereocenters. The Morgan fingerprint density at radius 3 is 2.26 bits per heavy atom. The number of rotatable bonds is 5. The quantitative estimate of drug-likeness (QED) is 0.175. The van der Waals surface area contributed by atoms with Crippen molar-refractivity contribution in [2.45, 2.75) is 177 Å². The molecule has 8 fully saturated rings. The minimum atomic E-state index is -1.64. The van der Waals surface area contributed by atoms with Gasteiger partial charge in [0.05, 0.1) is 31.5 Å². The predicted molar refractivity (Wildman–Crippen MR) is 182 cm³/mol. The van der Waals surface area contributed by atoms with E-state index in [0.717, 1.165) is 45.1 Å². The van der Waals surface area contributed by atoms with Crippen LogP contribution in [0.5, 0.6) is 0 Å². The van der Waals surface area contributed by atoms with Crippen LogP contribution in [0.4, 0.5) is 0 Å². The zero-order chi connectivity index (χ0) is 37.5. The van der Waals surface area contributed by atoms with Crippen LogP contribution < -0.4 is 0 Å². The molecule has 10 rings (SSSR count). The molecule has 14 heteroatoms. The summed E-state index contributed by atoms with van der Waals surface area (Å²) in [5, 5.41) is 63.1. The average Bonchev–Trinajstić information content (AvgIpc) is 3.59. The van der Waals surface area contributed by atoms with E-state index in [1.807, 2.05) is 0 Å². The van der Waals surface area contributed by atoms with Crippen molar-refractivity contribution in [1.82, 2.24) is 0 Å². The van der Waals surface area contributed by atoms with Crippen LogP contribution in [0.3, 0.4) is 0 Å². The fourth-order valence-corrected chi connectivity index (χ4v) is 13.0. The molecule has 4 aliphatic carbocycles. The van der Waals surface area contributed by atoms with Gasteiger partial charge in [-0.1, -0.05) is 33.8 Å². The standard InChI is InChI=1S/C39H60O14/c1-18-6-11-39(46-17-18)19(2)26-22(51-39)14-25-35(26,4)9-8-24-36(5)10-7-21(15-37(36)12-13-38(24,25)53-52-37)48-34-32(30(44)28(42)23(16-40)49-34)50-33-31(45)29(43)27(41)20(3)47-33/h12-13,18-34,40-45H,6-11,14-17H2,1-5H3. The van der Waals surface area contributed by atoms with E-state index < -0.39 is 91.1 Å². The minimum Gasteiger partial charge on any atom is -0.394 e. The SMILES string of the molecule is CC1CCC2(OC1)OC1CC3C(C)(CCC4C35C=CC3(CC(OC6OC(CO)C(O)C(O)C6OC6OC(C)C(O)C(O)C6O)CCC43C)OO5)C1C2C. The Bertz CT molecular complexity index is 1420. The van der Waals surface area contributed by atoms with Crippen molar-refractivity contribution in [2.24, 2.45) is 40.4 Å². The fourth-order valence-electron chi connectivity index (χ4n) is 13.0. The lowest BCUT2D eigenvalue weighted by Crippen LogP contribution is -2.73. The first-order chi connectivity index (χ1) is 25.1. The number of ether oxygens (including phenoxy) is 6. The van der Waals surface area contributed by atoms with Gasteiger partial charge in [-0.2, -0.15) is 0 Å². The van der Waals surface area contributed by atoms with Crippen molar-refractivity contribution < 1.29 is 68.8 Å². The molecule has 22 atom stereocenters. The molecule has 6 heterocycles. The Hall–Kier alpha value is -0.820. The number of aliphatic hydroxyl groups is 6. The Labute approximate surface area is 310 Å². The van der Waals surface area contributed by atoms with Crippen LogP contribution in [0.1, 0.15) is 86.0 Å². The van der Waals surface area contributed by atoms with Crippen molar-refractivity contribution in [3.8, 4) is 0 Å². The van der Waals surface area contributed by atoms with Crippen LogP contribution in [0.25, 0.3) is 0 Å². The summed E-state index contributed by atoms with van der Waals surface area (Å²) in [7, 11) is 0. The third-order valence-corrected chi connectivity index (χ3v) is 16.1. The van der Waals surface area contributed by atoms with Gasteiger partial charge in [-0.25, -0.2) is 9.78 Å². The summed E-state index contributed by atoms with van der Waals surface area (Å²) < 4.78 is 37.6. The maximum absolute atomic E-state index is 11.2. The van der Waals surface area contributed by atoms with Crippen LogP contribution in [0.15, 0.2) is 12.2 Å². The van der Waals surface area contributed by atoms with Crippen molar-refractivity contribution >= 4 is 0 Å². The van der Waals surface area contributed by atoms with Gasteiger partial charge in [0, 0.05) is 36.0 Å². The van der Waals surface area contributed by atoms with Crippen LogP contribution in [-0.4, -0.2) is 134 Å². The van der Waals surface area contributed by atoms with Gasteiger partial charge in [-0.15, -0.1) is 0 Å². The minimum absolute atomic E-state index is 0.00174. The van der Waals surface area contributed by atoms with Gasteiger partial charge in [0.15, 0.2) is 18.4 Å². The summed E-state index contributed by atoms with van der Waals surface area (Å²) in [4.78, 5) is 13.3. The van der Waals surface area contributed by atoms with E-state index in [1.165, 1.54) is 6.92 Å². The van der Waals surface area contributed by atoms with Crippen molar-refractivity contribution in [3.05, 3.63) is 12.2 Å². The number of fused-ring (bicyclic) bond motifs is 4. The van der Waals surface area contributed by atoms with E-state index in [1.54, 1.807) is 0 Å². The highest BCUT2D eigenvalue weighted by atomic mass is 17.2. The topological polar surface area (TPSA) is 195 Å². The Morgan fingerprint density at radius 2 is 1.57 bits per heavy atom. The van der Waals surface area contributed by atoms with E-state index in [0.29, 0.717) is 24.7 Å². The Kier molecular flexibility index (Phi) is 9.14. The van der Waals surface area contributed by atoms with Crippen molar-refractivity contribution in [1.29, 1.82) is 0 Å². The van der Waals surface area contributed by atoms with Crippen molar-refractivity contribution in [2.75, 3.05) is 13.2 Å². The molecule has 3 spiro atoms. The monoisotopic (exact) mass is 752 g/mol. The molecule has 6 N–H and O–H groups in total. The highest BCUT2D eigenvalue weighted by molar-refractivity contribution is 5.34. The Balaban J connectivity index is 0.943. The molecule has 3 saturated carbocycles. The molecule has 300 valence electrons. The van der Waals surface area contributed by atoms with E-state index >= 15 is 0 Å². The first-order valence-electron chi connectivity index (χ1n) is 20.1. The molecule has 5 saturated heterocycles. The number of aliphatic hydroxyl groups excluding tert-OH is 6. The summed E-state index contributed by atoms with van der Waals surface area (Å²) in [6.45, 7) is 11.1. The van der Waals surface area contributed by atoms with Crippen molar-refractivity contribution in [3.63, 3.8) is 0 Å². The summed E-state index contributed by atoms with van der Waals surface area (Å²) in [5.74, 6) is 1.17. The summed E-state index contributed by atoms with van der Waals surface area (Å²) in [5.41, 5.74) is -1.62. The van der Waals surface area contributed by atoms with Crippen LogP contribution in [0.2, 0.25) is 0 Å². The normalized spacial score (nSPS) is 61.5. The molecule has 2 bridgehead atoms. The molecular weight excluding hydrogens is 692 g/mol. The third kappa shape index (κ3) is 5.21. The number of hydrogen-bond acceptors (Lipinski definition) is 14. The van der Waals surface area contributed by atoms with Gasteiger partial charge < -0.3 is 59.1 Å². The van der Waals surface area contributed by atoms with E-state index in [2.05, 4.69) is 39.8 Å². The first kappa shape index (κ1) is 37.7. The third-order valence-electron chi connectivity index (χ3n) is 16.1. The van der Waals surface area contributed by atoms with E-state index in [9.17, 15) is 30.6 Å². The van der Waals surface area contributed by atoms with Gasteiger partial charge in [-0.3, -0.25) is 0 Å². The fraction of sp³-hybridized carbons (Fsp3) is 0.949. The van der Waals surface area contributed by atoms with Crippen LogP contribution in [-0.2, 0) is 38.2 Å². The molecule has 0 aromatic heterocycles. The maximum Gasteiger partial charge on any atom is 0.187 e. The molecule has 53 heavy (non-hydrogen) atoms. The molecule has 6 aliphatic heterocycles. The highest BCUT2D eigenvalue weighted by Gasteiger charge is 2.77. The molecule has 0 radical (unpaired) electrons. The second-order valence-corrected chi connectivity index (χ2v) is 18.8. The summed E-state index contributed by atoms with van der Waals surface area (Å²) in [6, 6.07) is 0. The van der Waals surface area contributed by atoms with Gasteiger partial charge in [0.1, 0.15) is 53.9 Å².